The molecule has 0 spiro atoms. The Hall–Kier alpha value is -2.33. The lowest BCUT2D eigenvalue weighted by atomic mass is 9.91. The highest BCUT2D eigenvalue weighted by Crippen LogP contribution is 2.29. The molecule has 2 aromatic rings. The number of nitrogens with one attached hydrogen (secondary N) is 1. The van der Waals surface area contributed by atoms with E-state index in [9.17, 15) is 4.79 Å². The van der Waals surface area contributed by atoms with E-state index in [-0.39, 0.29) is 12.5 Å². The lowest BCUT2D eigenvalue weighted by Gasteiger charge is -2.19. The molecule has 0 atom stereocenters. The van der Waals surface area contributed by atoms with Crippen molar-refractivity contribution < 1.29 is 9.53 Å². The summed E-state index contributed by atoms with van der Waals surface area (Å²) in [5.41, 5.74) is 5.17. The van der Waals surface area contributed by atoms with E-state index in [1.165, 1.54) is 61.0 Å². The van der Waals surface area contributed by atoms with Crippen LogP contribution >= 0.6 is 0 Å². The molecule has 1 heterocycles. The Morgan fingerprint density at radius 1 is 0.929 bits per heavy atom. The fraction of sp³-hybridized carbons (Fsp3) is 0.458. The van der Waals surface area contributed by atoms with E-state index >= 15 is 0 Å². The molecular formula is C24H30N2O2. The second-order valence-electron chi connectivity index (χ2n) is 7.92. The first-order valence-corrected chi connectivity index (χ1v) is 10.6. The van der Waals surface area contributed by atoms with Gasteiger partial charge in [-0.1, -0.05) is 36.4 Å². The van der Waals surface area contributed by atoms with Gasteiger partial charge >= 0.3 is 0 Å². The maximum absolute atomic E-state index is 12.4. The van der Waals surface area contributed by atoms with Crippen molar-refractivity contribution in [2.45, 2.75) is 51.6 Å². The van der Waals surface area contributed by atoms with Gasteiger partial charge in [0, 0.05) is 13.1 Å². The number of amides is 1. The number of benzene rings is 2. The van der Waals surface area contributed by atoms with Crippen LogP contribution in [0, 0.1) is 0 Å². The average Bonchev–Trinajstić information content (AvgIpc) is 3.24. The number of hydrogen-bond donors (Lipinski definition) is 1. The molecule has 1 saturated heterocycles. The highest BCUT2D eigenvalue weighted by Gasteiger charge is 2.16. The zero-order chi connectivity index (χ0) is 19.2. The van der Waals surface area contributed by atoms with Gasteiger partial charge in [-0.05, 0) is 79.9 Å². The normalized spacial score (nSPS) is 16.6. The number of ether oxygens (including phenoxy) is 1. The van der Waals surface area contributed by atoms with E-state index in [0.717, 1.165) is 25.1 Å². The number of aryl methyl sites for hydroxylation is 1. The minimum Gasteiger partial charge on any atom is -0.483 e. The zero-order valence-electron chi connectivity index (χ0n) is 16.6. The first-order chi connectivity index (χ1) is 13.8. The molecule has 148 valence electrons. The van der Waals surface area contributed by atoms with E-state index in [4.69, 9.17) is 4.74 Å². The minimum absolute atomic E-state index is 0.0654. The molecule has 4 heteroatoms. The van der Waals surface area contributed by atoms with Crippen molar-refractivity contribution in [2.75, 3.05) is 19.7 Å². The number of carbonyl (C=O) groups is 1. The molecule has 4 nitrogen and oxygen atoms in total. The first-order valence-electron chi connectivity index (χ1n) is 10.6. The molecule has 1 aliphatic carbocycles. The zero-order valence-corrected chi connectivity index (χ0v) is 16.6. The van der Waals surface area contributed by atoms with Crippen molar-refractivity contribution in [3.63, 3.8) is 0 Å². The fourth-order valence-electron chi connectivity index (χ4n) is 4.34. The summed E-state index contributed by atoms with van der Waals surface area (Å²) in [6, 6.07) is 14.6. The van der Waals surface area contributed by atoms with Gasteiger partial charge in [-0.25, -0.2) is 0 Å². The Labute approximate surface area is 167 Å². The van der Waals surface area contributed by atoms with Crippen molar-refractivity contribution in [1.29, 1.82) is 0 Å². The number of rotatable bonds is 7. The summed E-state index contributed by atoms with van der Waals surface area (Å²) in [6.45, 7) is 3.95. The molecule has 0 radical (unpaired) electrons. The van der Waals surface area contributed by atoms with Gasteiger partial charge in [-0.3, -0.25) is 9.69 Å². The third-order valence-electron chi connectivity index (χ3n) is 5.90. The molecule has 1 N–H and O–H groups in total. The predicted molar refractivity (Wildman–Crippen MR) is 111 cm³/mol. The molecule has 1 amide bonds. The maximum Gasteiger partial charge on any atom is 0.258 e. The van der Waals surface area contributed by atoms with Gasteiger partial charge in [-0.2, -0.15) is 0 Å². The van der Waals surface area contributed by atoms with Crippen LogP contribution in [0.3, 0.4) is 0 Å². The average molecular weight is 379 g/mol. The highest BCUT2D eigenvalue weighted by molar-refractivity contribution is 5.77. The van der Waals surface area contributed by atoms with Gasteiger partial charge in [0.2, 0.25) is 0 Å². The first kappa shape index (κ1) is 19.0. The van der Waals surface area contributed by atoms with Gasteiger partial charge in [0.1, 0.15) is 5.75 Å². The van der Waals surface area contributed by atoms with Crippen molar-refractivity contribution in [2.24, 2.45) is 0 Å². The topological polar surface area (TPSA) is 41.6 Å². The van der Waals surface area contributed by atoms with Crippen LogP contribution in [0.5, 0.6) is 5.75 Å². The van der Waals surface area contributed by atoms with Gasteiger partial charge in [0.15, 0.2) is 6.61 Å². The van der Waals surface area contributed by atoms with Crippen LogP contribution in [0.1, 0.15) is 47.9 Å². The second-order valence-corrected chi connectivity index (χ2v) is 7.92. The second kappa shape index (κ2) is 9.24. The predicted octanol–water partition coefficient (Wildman–Crippen LogP) is 3.86. The van der Waals surface area contributed by atoms with E-state index in [0.29, 0.717) is 6.54 Å². The summed E-state index contributed by atoms with van der Waals surface area (Å²) < 4.78 is 5.87. The van der Waals surface area contributed by atoms with Gasteiger partial charge in [0.25, 0.3) is 5.91 Å². The maximum atomic E-state index is 12.4. The van der Waals surface area contributed by atoms with Gasteiger partial charge in [-0.15, -0.1) is 0 Å². The van der Waals surface area contributed by atoms with Crippen molar-refractivity contribution in [3.8, 4) is 5.75 Å². The summed E-state index contributed by atoms with van der Waals surface area (Å²) in [7, 11) is 0. The molecule has 0 aromatic heterocycles. The van der Waals surface area contributed by atoms with Crippen molar-refractivity contribution >= 4 is 5.91 Å². The molecule has 0 unspecified atom stereocenters. The Morgan fingerprint density at radius 2 is 1.71 bits per heavy atom. The van der Waals surface area contributed by atoms with Crippen LogP contribution in [0.25, 0.3) is 0 Å². The van der Waals surface area contributed by atoms with E-state index in [1.807, 2.05) is 18.2 Å². The molecule has 4 rings (SSSR count). The molecule has 28 heavy (non-hydrogen) atoms. The van der Waals surface area contributed by atoms with E-state index < -0.39 is 0 Å². The number of hydrogen-bond acceptors (Lipinski definition) is 3. The lowest BCUT2D eigenvalue weighted by molar-refractivity contribution is -0.123. The fourth-order valence-corrected chi connectivity index (χ4v) is 4.34. The van der Waals surface area contributed by atoms with Crippen LogP contribution in [0.2, 0.25) is 0 Å². The van der Waals surface area contributed by atoms with Crippen LogP contribution in [-0.4, -0.2) is 30.5 Å². The third kappa shape index (κ3) is 4.74. The molecule has 0 saturated carbocycles. The number of carbonyl (C=O) groups excluding carboxylic acids is 1. The monoisotopic (exact) mass is 378 g/mol. The largest absolute Gasteiger partial charge is 0.483 e. The Bertz CT molecular complexity index is 812. The lowest BCUT2D eigenvalue weighted by Crippen LogP contribution is -2.29. The summed E-state index contributed by atoms with van der Waals surface area (Å²) in [5.74, 6) is 0.811. The van der Waals surface area contributed by atoms with Crippen LogP contribution in [0.15, 0.2) is 42.5 Å². The van der Waals surface area contributed by atoms with E-state index in [2.05, 4.69) is 34.5 Å². The standard InChI is InChI=1S/C24H30N2O2/c27-24(18-28-23-13-7-11-19-8-3-4-12-22(19)23)25-16-20-9-1-2-10-21(20)17-26-14-5-6-15-26/h1-2,7,9-11,13H,3-6,8,12,14-18H2,(H,25,27). The minimum atomic E-state index is -0.0654. The van der Waals surface area contributed by atoms with Crippen LogP contribution in [-0.2, 0) is 30.7 Å². The van der Waals surface area contributed by atoms with Gasteiger partial charge < -0.3 is 10.1 Å². The van der Waals surface area contributed by atoms with E-state index in [1.54, 1.807) is 0 Å². The van der Waals surface area contributed by atoms with Gasteiger partial charge in [0.05, 0.1) is 0 Å². The summed E-state index contributed by atoms with van der Waals surface area (Å²) in [4.78, 5) is 14.9. The van der Waals surface area contributed by atoms with Crippen molar-refractivity contribution in [3.05, 3.63) is 64.7 Å². The quantitative estimate of drug-likeness (QED) is 0.796. The van der Waals surface area contributed by atoms with Crippen molar-refractivity contribution in [1.82, 2.24) is 10.2 Å². The number of fused-ring (bicyclic) bond motifs is 1. The number of nitrogens with zero attached hydrogens (tertiary/aromatic N) is 1. The van der Waals surface area contributed by atoms with Crippen LogP contribution in [0.4, 0.5) is 0 Å². The Morgan fingerprint density at radius 3 is 2.57 bits per heavy atom. The summed E-state index contributed by atoms with van der Waals surface area (Å²) >= 11 is 0. The summed E-state index contributed by atoms with van der Waals surface area (Å²) in [5, 5.41) is 3.03. The Kier molecular flexibility index (Phi) is 6.27. The highest BCUT2D eigenvalue weighted by atomic mass is 16.5. The molecular weight excluding hydrogens is 348 g/mol. The number of likely N-dealkylation sites (tertiary alicyclic amines) is 1. The summed E-state index contributed by atoms with van der Waals surface area (Å²) in [6.07, 6.45) is 7.20. The SMILES string of the molecule is O=C(COc1cccc2c1CCCC2)NCc1ccccc1CN1CCCC1. The molecule has 2 aliphatic rings. The molecule has 2 aromatic carbocycles. The smallest absolute Gasteiger partial charge is 0.258 e. The molecule has 1 aliphatic heterocycles. The Balaban J connectivity index is 1.31. The third-order valence-corrected chi connectivity index (χ3v) is 5.90. The van der Waals surface area contributed by atoms with Crippen LogP contribution < -0.4 is 10.1 Å². The molecule has 1 fully saturated rings. The molecule has 0 bridgehead atoms.